The van der Waals surface area contributed by atoms with Gasteiger partial charge in [-0.2, -0.15) is 23.4 Å². The van der Waals surface area contributed by atoms with Crippen LogP contribution >= 0.6 is 0 Å². The van der Waals surface area contributed by atoms with E-state index in [-0.39, 0.29) is 5.56 Å². The number of hydrogen-bond donors (Lipinski definition) is 1. The Morgan fingerprint density at radius 3 is 2.68 bits per heavy atom. The fraction of sp³-hybridized carbons (Fsp3) is 0.632. The van der Waals surface area contributed by atoms with Crippen molar-refractivity contribution in [1.29, 1.82) is 0 Å². The monoisotopic (exact) mass is 397 g/mol. The summed E-state index contributed by atoms with van der Waals surface area (Å²) in [5.41, 5.74) is 0.833. The van der Waals surface area contributed by atoms with Crippen molar-refractivity contribution in [2.45, 2.75) is 78.1 Å². The van der Waals surface area contributed by atoms with Crippen LogP contribution in [-0.4, -0.2) is 25.5 Å². The summed E-state index contributed by atoms with van der Waals surface area (Å²) in [4.78, 5) is 12.8. The number of unbranched alkanes of at least 4 members (excludes halogenated alkanes) is 1. The minimum Gasteiger partial charge on any atom is -0.307 e. The van der Waals surface area contributed by atoms with Gasteiger partial charge < -0.3 is 5.32 Å². The number of alkyl halides is 3. The van der Waals surface area contributed by atoms with Crippen LogP contribution < -0.4 is 5.32 Å². The molecule has 6 nitrogen and oxygen atoms in total. The predicted molar refractivity (Wildman–Crippen MR) is 99.1 cm³/mol. The van der Waals surface area contributed by atoms with Crippen molar-refractivity contribution in [2.75, 3.05) is 5.32 Å². The second-order valence-corrected chi connectivity index (χ2v) is 7.23. The molecular weight excluding hydrogens is 371 g/mol. The molecule has 28 heavy (non-hydrogen) atoms. The van der Waals surface area contributed by atoms with Crippen LogP contribution in [0.25, 0.3) is 0 Å². The topological polar surface area (TPSA) is 64.7 Å². The van der Waals surface area contributed by atoms with Gasteiger partial charge in [0.05, 0.1) is 0 Å². The first-order chi connectivity index (χ1) is 13.3. The SMILES string of the molecule is CCCCn1nc(NC(=O)C(CC)n2nc(C(F)(F)F)c3c2CCC3)cc1C. The van der Waals surface area contributed by atoms with Crippen molar-refractivity contribution in [3.05, 3.63) is 28.7 Å². The lowest BCUT2D eigenvalue weighted by molar-refractivity contribution is -0.142. The molecule has 0 spiro atoms. The standard InChI is InChI=1S/C19H26F3N5O/c1-4-6-10-26-12(3)11-16(24-26)23-18(28)14(5-2)27-15-9-7-8-13(15)17(25-27)19(20,21)22/h11,14H,4-10H2,1-3H3,(H,23,24,28). The number of nitrogens with zero attached hydrogens (tertiary/aromatic N) is 4. The number of aryl methyl sites for hydroxylation is 2. The van der Waals surface area contributed by atoms with Crippen LogP contribution in [0.5, 0.6) is 0 Å². The van der Waals surface area contributed by atoms with Crippen molar-refractivity contribution < 1.29 is 18.0 Å². The first-order valence-electron chi connectivity index (χ1n) is 9.79. The molecule has 0 bridgehead atoms. The maximum Gasteiger partial charge on any atom is 0.435 e. The number of halogens is 3. The van der Waals surface area contributed by atoms with Gasteiger partial charge in [-0.25, -0.2) is 0 Å². The number of nitrogens with one attached hydrogen (secondary N) is 1. The number of amides is 1. The molecule has 0 radical (unpaired) electrons. The summed E-state index contributed by atoms with van der Waals surface area (Å²) in [6, 6.07) is 0.971. The molecule has 0 saturated carbocycles. The summed E-state index contributed by atoms with van der Waals surface area (Å²) in [6.45, 7) is 6.53. The van der Waals surface area contributed by atoms with Crippen molar-refractivity contribution in [3.63, 3.8) is 0 Å². The van der Waals surface area contributed by atoms with E-state index in [9.17, 15) is 18.0 Å². The van der Waals surface area contributed by atoms with Crippen LogP contribution in [0, 0.1) is 6.92 Å². The maximum atomic E-state index is 13.3. The quantitative estimate of drug-likeness (QED) is 0.758. The fourth-order valence-electron chi connectivity index (χ4n) is 3.73. The van der Waals surface area contributed by atoms with Gasteiger partial charge in [0.2, 0.25) is 5.91 Å². The lowest BCUT2D eigenvalue weighted by Crippen LogP contribution is -2.28. The van der Waals surface area contributed by atoms with E-state index >= 15 is 0 Å². The van der Waals surface area contributed by atoms with Crippen LogP contribution in [0.4, 0.5) is 19.0 Å². The molecule has 1 aliphatic rings. The zero-order valence-corrected chi connectivity index (χ0v) is 16.4. The van der Waals surface area contributed by atoms with Gasteiger partial charge in [0.1, 0.15) is 6.04 Å². The van der Waals surface area contributed by atoms with Gasteiger partial charge in [0.15, 0.2) is 11.5 Å². The maximum absolute atomic E-state index is 13.3. The minimum absolute atomic E-state index is 0.235. The number of carbonyl (C=O) groups excluding carboxylic acids is 1. The normalized spacial score (nSPS) is 14.9. The highest BCUT2D eigenvalue weighted by Gasteiger charge is 2.41. The molecule has 1 unspecified atom stereocenters. The Balaban J connectivity index is 1.84. The van der Waals surface area contributed by atoms with Crippen LogP contribution in [0.2, 0.25) is 0 Å². The van der Waals surface area contributed by atoms with Crippen LogP contribution in [0.15, 0.2) is 6.07 Å². The molecule has 0 saturated heterocycles. The molecule has 1 amide bonds. The van der Waals surface area contributed by atoms with Gasteiger partial charge in [-0.3, -0.25) is 14.2 Å². The first-order valence-corrected chi connectivity index (χ1v) is 9.79. The van der Waals surface area contributed by atoms with Gasteiger partial charge in [0.25, 0.3) is 0 Å². The van der Waals surface area contributed by atoms with Crippen LogP contribution in [0.1, 0.15) is 68.2 Å². The van der Waals surface area contributed by atoms with E-state index in [0.717, 1.165) is 25.1 Å². The third-order valence-electron chi connectivity index (χ3n) is 5.17. The Morgan fingerprint density at radius 1 is 1.29 bits per heavy atom. The average Bonchev–Trinajstić information content (AvgIpc) is 3.29. The number of carbonyl (C=O) groups is 1. The van der Waals surface area contributed by atoms with Gasteiger partial charge in [0, 0.05) is 29.6 Å². The highest BCUT2D eigenvalue weighted by Crippen LogP contribution is 2.38. The van der Waals surface area contributed by atoms with E-state index in [1.54, 1.807) is 13.0 Å². The van der Waals surface area contributed by atoms with Gasteiger partial charge in [-0.15, -0.1) is 0 Å². The Bertz CT molecular complexity index is 853. The second kappa shape index (κ2) is 7.97. The number of rotatable bonds is 7. The fourth-order valence-corrected chi connectivity index (χ4v) is 3.73. The lowest BCUT2D eigenvalue weighted by Gasteiger charge is -2.17. The molecule has 1 aliphatic carbocycles. The van der Waals surface area contributed by atoms with Gasteiger partial charge in [-0.05, 0) is 39.0 Å². The van der Waals surface area contributed by atoms with E-state index < -0.39 is 23.8 Å². The summed E-state index contributed by atoms with van der Waals surface area (Å²) in [5.74, 6) is 0.0189. The predicted octanol–water partition coefficient (Wildman–Crippen LogP) is 4.29. The molecule has 2 aromatic rings. The molecule has 0 fully saturated rings. The van der Waals surface area contributed by atoms with E-state index in [2.05, 4.69) is 22.4 Å². The third kappa shape index (κ3) is 3.93. The highest BCUT2D eigenvalue weighted by atomic mass is 19.4. The summed E-state index contributed by atoms with van der Waals surface area (Å²) in [7, 11) is 0. The van der Waals surface area contributed by atoms with Crippen LogP contribution in [0.3, 0.4) is 0 Å². The number of anilines is 1. The zero-order valence-electron chi connectivity index (χ0n) is 16.4. The minimum atomic E-state index is -4.51. The van der Waals surface area contributed by atoms with E-state index in [1.807, 2.05) is 11.6 Å². The number of hydrogen-bond acceptors (Lipinski definition) is 3. The average molecular weight is 397 g/mol. The number of fused-ring (bicyclic) bond motifs is 1. The summed E-state index contributed by atoms with van der Waals surface area (Å²) in [5, 5.41) is 11.0. The molecule has 2 heterocycles. The summed E-state index contributed by atoms with van der Waals surface area (Å²) < 4.78 is 43.1. The van der Waals surface area contributed by atoms with Gasteiger partial charge in [-0.1, -0.05) is 20.3 Å². The molecule has 9 heteroatoms. The number of aromatic nitrogens is 4. The Labute approximate surface area is 162 Å². The van der Waals surface area contributed by atoms with Crippen molar-refractivity contribution in [3.8, 4) is 0 Å². The Morgan fingerprint density at radius 2 is 2.04 bits per heavy atom. The molecule has 1 atom stereocenters. The van der Waals surface area contributed by atoms with Crippen LogP contribution in [-0.2, 0) is 30.4 Å². The van der Waals surface area contributed by atoms with E-state index in [4.69, 9.17) is 0 Å². The van der Waals surface area contributed by atoms with Crippen molar-refractivity contribution in [1.82, 2.24) is 19.6 Å². The smallest absolute Gasteiger partial charge is 0.307 e. The zero-order chi connectivity index (χ0) is 20.5. The van der Waals surface area contributed by atoms with E-state index in [1.165, 1.54) is 4.68 Å². The molecule has 0 aromatic carbocycles. The summed E-state index contributed by atoms with van der Waals surface area (Å²) in [6.07, 6.45) is -0.653. The molecule has 3 rings (SSSR count). The van der Waals surface area contributed by atoms with Crippen molar-refractivity contribution >= 4 is 11.7 Å². The third-order valence-corrected chi connectivity index (χ3v) is 5.17. The first kappa shape index (κ1) is 20.4. The molecular formula is C19H26F3N5O. The molecule has 2 aromatic heterocycles. The molecule has 1 N–H and O–H groups in total. The summed E-state index contributed by atoms with van der Waals surface area (Å²) >= 11 is 0. The molecule has 154 valence electrons. The Kier molecular flexibility index (Phi) is 5.81. The van der Waals surface area contributed by atoms with Gasteiger partial charge >= 0.3 is 6.18 Å². The lowest BCUT2D eigenvalue weighted by atomic mass is 10.1. The molecule has 0 aliphatic heterocycles. The Hall–Kier alpha value is -2.32. The highest BCUT2D eigenvalue weighted by molar-refractivity contribution is 5.92. The largest absolute Gasteiger partial charge is 0.435 e. The second-order valence-electron chi connectivity index (χ2n) is 7.23. The van der Waals surface area contributed by atoms with Crippen molar-refractivity contribution in [2.24, 2.45) is 0 Å². The van der Waals surface area contributed by atoms with E-state index in [0.29, 0.717) is 37.2 Å².